The summed E-state index contributed by atoms with van der Waals surface area (Å²) < 4.78 is 0.730. The van der Waals surface area contributed by atoms with E-state index in [-0.39, 0.29) is 16.3 Å². The second-order valence-corrected chi connectivity index (χ2v) is 6.38. The van der Waals surface area contributed by atoms with Crippen molar-refractivity contribution in [3.8, 4) is 0 Å². The molecule has 0 saturated heterocycles. The zero-order valence-corrected chi connectivity index (χ0v) is 13.6. The third-order valence-corrected chi connectivity index (χ3v) is 4.48. The number of carbonyl (C=O) groups is 1. The first kappa shape index (κ1) is 15.7. The Kier molecular flexibility index (Phi) is 4.16. The number of hydrogen-bond acceptors (Lipinski definition) is 5. The maximum absolute atomic E-state index is 12.2. The van der Waals surface area contributed by atoms with Gasteiger partial charge < -0.3 is 0 Å². The summed E-state index contributed by atoms with van der Waals surface area (Å²) in [6, 6.07) is 8.89. The molecule has 1 amide bonds. The monoisotopic (exact) mass is 367 g/mol. The number of aromatic nitrogens is 1. The standard InChI is InChI=1S/C14H7Cl2N3O3S/c15-7-1-3-9(10(16)5-7)13(20)18-14-17-11-6-8(19(21)22)2-4-12(11)23-14/h1-6H,(H,17,18,20). The van der Waals surface area contributed by atoms with Gasteiger partial charge in [0.1, 0.15) is 0 Å². The molecule has 3 rings (SSSR count). The van der Waals surface area contributed by atoms with E-state index in [2.05, 4.69) is 10.3 Å². The summed E-state index contributed by atoms with van der Waals surface area (Å²) in [6.45, 7) is 0. The summed E-state index contributed by atoms with van der Waals surface area (Å²) in [4.78, 5) is 26.7. The molecule has 1 heterocycles. The van der Waals surface area contributed by atoms with E-state index in [1.807, 2.05) is 0 Å². The Labute approximate surface area is 143 Å². The Bertz CT molecular complexity index is 942. The first-order valence-electron chi connectivity index (χ1n) is 6.25. The van der Waals surface area contributed by atoms with Crippen LogP contribution in [0.25, 0.3) is 10.2 Å². The minimum absolute atomic E-state index is 0.0542. The van der Waals surface area contributed by atoms with Crippen LogP contribution in [0.4, 0.5) is 10.8 Å². The van der Waals surface area contributed by atoms with Crippen LogP contribution in [-0.2, 0) is 0 Å². The number of nitrogens with one attached hydrogen (secondary N) is 1. The predicted molar refractivity (Wildman–Crippen MR) is 90.7 cm³/mol. The maximum atomic E-state index is 12.2. The number of nitrogens with zero attached hydrogens (tertiary/aromatic N) is 2. The van der Waals surface area contributed by atoms with Gasteiger partial charge in [-0.2, -0.15) is 0 Å². The van der Waals surface area contributed by atoms with Crippen molar-refractivity contribution in [3.05, 3.63) is 62.1 Å². The Balaban J connectivity index is 1.89. The van der Waals surface area contributed by atoms with E-state index in [9.17, 15) is 14.9 Å². The fourth-order valence-corrected chi connectivity index (χ4v) is 3.26. The van der Waals surface area contributed by atoms with Crippen LogP contribution in [0.15, 0.2) is 36.4 Å². The number of anilines is 1. The van der Waals surface area contributed by atoms with Crippen molar-refractivity contribution in [2.24, 2.45) is 0 Å². The maximum Gasteiger partial charge on any atom is 0.271 e. The molecule has 0 aliphatic carbocycles. The van der Waals surface area contributed by atoms with Crippen molar-refractivity contribution in [1.82, 2.24) is 4.98 Å². The normalized spacial score (nSPS) is 10.7. The molecule has 0 saturated carbocycles. The minimum atomic E-state index is -0.496. The van der Waals surface area contributed by atoms with Crippen LogP contribution in [0.2, 0.25) is 10.0 Å². The van der Waals surface area contributed by atoms with E-state index in [0.717, 1.165) is 4.70 Å². The molecular weight excluding hydrogens is 361 g/mol. The zero-order valence-electron chi connectivity index (χ0n) is 11.2. The molecule has 6 nitrogen and oxygen atoms in total. The third kappa shape index (κ3) is 3.26. The number of non-ortho nitro benzene ring substituents is 1. The summed E-state index contributed by atoms with van der Waals surface area (Å²) in [5.41, 5.74) is 0.657. The molecule has 1 N–H and O–H groups in total. The van der Waals surface area contributed by atoms with Gasteiger partial charge in [-0.3, -0.25) is 20.2 Å². The lowest BCUT2D eigenvalue weighted by atomic mass is 10.2. The molecule has 0 unspecified atom stereocenters. The molecule has 0 aliphatic heterocycles. The quantitative estimate of drug-likeness (QED) is 0.533. The van der Waals surface area contributed by atoms with Crippen LogP contribution < -0.4 is 5.32 Å². The Morgan fingerprint density at radius 1 is 1.22 bits per heavy atom. The number of fused-ring (bicyclic) bond motifs is 1. The van der Waals surface area contributed by atoms with Crippen LogP contribution in [-0.4, -0.2) is 15.8 Å². The highest BCUT2D eigenvalue weighted by molar-refractivity contribution is 7.22. The number of thiazole rings is 1. The van der Waals surface area contributed by atoms with E-state index < -0.39 is 10.8 Å². The van der Waals surface area contributed by atoms with Crippen LogP contribution in [0.1, 0.15) is 10.4 Å². The second kappa shape index (κ2) is 6.11. The third-order valence-electron chi connectivity index (χ3n) is 2.98. The lowest BCUT2D eigenvalue weighted by Gasteiger charge is -2.04. The molecule has 0 atom stereocenters. The van der Waals surface area contributed by atoms with Gasteiger partial charge in [-0.05, 0) is 24.3 Å². The topological polar surface area (TPSA) is 85.1 Å². The van der Waals surface area contributed by atoms with Gasteiger partial charge >= 0.3 is 0 Å². The summed E-state index contributed by atoms with van der Waals surface area (Å²) in [5.74, 6) is -0.430. The first-order valence-corrected chi connectivity index (χ1v) is 7.82. The summed E-state index contributed by atoms with van der Waals surface area (Å²) >= 11 is 13.0. The second-order valence-electron chi connectivity index (χ2n) is 4.51. The van der Waals surface area contributed by atoms with Gasteiger partial charge in [0.15, 0.2) is 5.13 Å². The molecule has 23 heavy (non-hydrogen) atoms. The number of carbonyl (C=O) groups excluding carboxylic acids is 1. The Morgan fingerprint density at radius 3 is 2.70 bits per heavy atom. The lowest BCUT2D eigenvalue weighted by Crippen LogP contribution is -2.12. The zero-order chi connectivity index (χ0) is 16.6. The van der Waals surface area contributed by atoms with Gasteiger partial charge in [0, 0.05) is 17.2 Å². The smallest absolute Gasteiger partial charge is 0.271 e. The molecular formula is C14H7Cl2N3O3S. The van der Waals surface area contributed by atoms with E-state index >= 15 is 0 Å². The molecule has 1 aromatic heterocycles. The van der Waals surface area contributed by atoms with Gasteiger partial charge in [-0.1, -0.05) is 34.5 Å². The fourth-order valence-electron chi connectivity index (χ4n) is 1.92. The number of nitro benzene ring substituents is 1. The van der Waals surface area contributed by atoms with Crippen molar-refractivity contribution in [2.45, 2.75) is 0 Å². The Hall–Kier alpha value is -2.22. The molecule has 3 aromatic rings. The van der Waals surface area contributed by atoms with Crippen molar-refractivity contribution in [1.29, 1.82) is 0 Å². The number of benzene rings is 2. The van der Waals surface area contributed by atoms with Gasteiger partial charge in [0.25, 0.3) is 11.6 Å². The average molecular weight is 368 g/mol. The van der Waals surface area contributed by atoms with E-state index in [1.54, 1.807) is 12.1 Å². The number of hydrogen-bond donors (Lipinski definition) is 1. The van der Waals surface area contributed by atoms with E-state index in [0.29, 0.717) is 15.7 Å². The SMILES string of the molecule is O=C(Nc1nc2cc([N+](=O)[O-])ccc2s1)c1ccc(Cl)cc1Cl. The van der Waals surface area contributed by atoms with Crippen LogP contribution in [0.5, 0.6) is 0 Å². The molecule has 0 bridgehead atoms. The largest absolute Gasteiger partial charge is 0.298 e. The molecule has 9 heteroatoms. The number of rotatable bonds is 3. The lowest BCUT2D eigenvalue weighted by molar-refractivity contribution is -0.384. The van der Waals surface area contributed by atoms with Gasteiger partial charge in [0.05, 0.1) is 25.7 Å². The fraction of sp³-hybridized carbons (Fsp3) is 0. The van der Waals surface area contributed by atoms with E-state index in [4.69, 9.17) is 23.2 Å². The van der Waals surface area contributed by atoms with Crippen molar-refractivity contribution < 1.29 is 9.72 Å². The van der Waals surface area contributed by atoms with Gasteiger partial charge in [-0.15, -0.1) is 0 Å². The van der Waals surface area contributed by atoms with Crippen molar-refractivity contribution in [2.75, 3.05) is 5.32 Å². The highest BCUT2D eigenvalue weighted by Gasteiger charge is 2.15. The molecule has 0 aliphatic rings. The van der Waals surface area contributed by atoms with Crippen LogP contribution in [0, 0.1) is 10.1 Å². The first-order chi connectivity index (χ1) is 10.9. The summed E-state index contributed by atoms with van der Waals surface area (Å²) in [6.07, 6.45) is 0. The summed E-state index contributed by atoms with van der Waals surface area (Å²) in [5, 5.41) is 14.4. The molecule has 0 radical (unpaired) electrons. The highest BCUT2D eigenvalue weighted by atomic mass is 35.5. The summed E-state index contributed by atoms with van der Waals surface area (Å²) in [7, 11) is 0. The highest BCUT2D eigenvalue weighted by Crippen LogP contribution is 2.29. The van der Waals surface area contributed by atoms with Crippen molar-refractivity contribution in [3.63, 3.8) is 0 Å². The van der Waals surface area contributed by atoms with Crippen LogP contribution in [0.3, 0.4) is 0 Å². The molecule has 0 spiro atoms. The Morgan fingerprint density at radius 2 is 2.00 bits per heavy atom. The minimum Gasteiger partial charge on any atom is -0.298 e. The van der Waals surface area contributed by atoms with Gasteiger partial charge in [0.2, 0.25) is 0 Å². The predicted octanol–water partition coefficient (Wildman–Crippen LogP) is 4.76. The molecule has 116 valence electrons. The average Bonchev–Trinajstić information content (AvgIpc) is 2.87. The molecule has 2 aromatic carbocycles. The van der Waals surface area contributed by atoms with Crippen molar-refractivity contribution >= 4 is 61.5 Å². The number of halogens is 2. The number of amides is 1. The molecule has 0 fully saturated rings. The van der Waals surface area contributed by atoms with Gasteiger partial charge in [-0.25, -0.2) is 4.98 Å². The number of nitro groups is 1. The van der Waals surface area contributed by atoms with E-state index in [1.165, 1.54) is 35.6 Å². The van der Waals surface area contributed by atoms with Crippen LogP contribution >= 0.6 is 34.5 Å².